The molecule has 0 atom stereocenters. The first-order valence-corrected chi connectivity index (χ1v) is 5.33. The SMILES string of the molecule is Nc1ccc2c(O)cc(SOOO)cc2c1N. The number of aromatic hydroxyl groups is 1. The Morgan fingerprint density at radius 1 is 1.12 bits per heavy atom. The maximum atomic E-state index is 9.80. The molecule has 6 nitrogen and oxygen atoms in total. The second kappa shape index (κ2) is 4.68. The summed E-state index contributed by atoms with van der Waals surface area (Å²) in [7, 11) is 0. The van der Waals surface area contributed by atoms with E-state index in [2.05, 4.69) is 9.37 Å². The molecule has 0 fully saturated rings. The quantitative estimate of drug-likeness (QED) is 0.287. The molecule has 0 saturated carbocycles. The van der Waals surface area contributed by atoms with Gasteiger partial charge in [0, 0.05) is 15.7 Å². The monoisotopic (exact) mass is 254 g/mol. The third-order valence-electron chi connectivity index (χ3n) is 2.32. The molecular weight excluding hydrogens is 244 g/mol. The predicted octanol–water partition coefficient (Wildman–Crippen LogP) is 2.14. The lowest BCUT2D eigenvalue weighted by atomic mass is 10.1. The molecule has 6 N–H and O–H groups in total. The van der Waals surface area contributed by atoms with E-state index >= 15 is 0 Å². The van der Waals surface area contributed by atoms with Crippen LogP contribution in [0.2, 0.25) is 0 Å². The Labute approximate surface area is 101 Å². The summed E-state index contributed by atoms with van der Waals surface area (Å²) in [5.41, 5.74) is 12.3. The molecule has 0 heterocycles. The van der Waals surface area contributed by atoms with Crippen molar-refractivity contribution in [2.24, 2.45) is 0 Å². The molecule has 0 aromatic heterocycles. The lowest BCUT2D eigenvalue weighted by Gasteiger charge is -2.08. The third kappa shape index (κ3) is 2.22. The average Bonchev–Trinajstić information content (AvgIpc) is 2.32. The molecule has 0 saturated heterocycles. The van der Waals surface area contributed by atoms with E-state index in [-0.39, 0.29) is 5.75 Å². The van der Waals surface area contributed by atoms with Gasteiger partial charge in [-0.25, -0.2) is 5.26 Å². The summed E-state index contributed by atoms with van der Waals surface area (Å²) in [6.45, 7) is 0. The fourth-order valence-corrected chi connectivity index (χ4v) is 1.97. The van der Waals surface area contributed by atoms with Crippen LogP contribution in [0.15, 0.2) is 29.2 Å². The van der Waals surface area contributed by atoms with Crippen molar-refractivity contribution in [1.82, 2.24) is 0 Å². The van der Waals surface area contributed by atoms with Gasteiger partial charge in [-0.3, -0.25) is 0 Å². The van der Waals surface area contributed by atoms with Crippen LogP contribution in [0.5, 0.6) is 5.75 Å². The van der Waals surface area contributed by atoms with Crippen LogP contribution in [-0.2, 0) is 9.37 Å². The van der Waals surface area contributed by atoms with Crippen LogP contribution in [0.3, 0.4) is 0 Å². The fraction of sp³-hybridized carbons (Fsp3) is 0. The molecule has 0 unspecified atom stereocenters. The number of nitrogen functional groups attached to an aromatic ring is 2. The molecular formula is C10H10N2O4S. The third-order valence-corrected chi connectivity index (χ3v) is 2.88. The highest BCUT2D eigenvalue weighted by atomic mass is 32.2. The molecule has 90 valence electrons. The summed E-state index contributed by atoms with van der Waals surface area (Å²) in [6.07, 6.45) is 0. The first kappa shape index (κ1) is 11.8. The maximum absolute atomic E-state index is 9.80. The molecule has 2 aromatic rings. The summed E-state index contributed by atoms with van der Waals surface area (Å²) in [5, 5.41) is 22.5. The van der Waals surface area contributed by atoms with Gasteiger partial charge in [-0.15, -0.1) is 4.33 Å². The lowest BCUT2D eigenvalue weighted by Crippen LogP contribution is -1.95. The van der Waals surface area contributed by atoms with Gasteiger partial charge >= 0.3 is 0 Å². The van der Waals surface area contributed by atoms with Gasteiger partial charge in [-0.05, 0) is 24.3 Å². The van der Waals surface area contributed by atoms with Crippen molar-refractivity contribution < 1.29 is 19.7 Å². The first-order chi connectivity index (χ1) is 8.13. The van der Waals surface area contributed by atoms with Gasteiger partial charge in [-0.1, -0.05) is 5.04 Å². The summed E-state index contributed by atoms with van der Waals surface area (Å²) in [6, 6.07) is 6.43. The number of anilines is 2. The van der Waals surface area contributed by atoms with E-state index in [1.54, 1.807) is 18.2 Å². The number of phenols is 1. The highest BCUT2D eigenvalue weighted by Gasteiger charge is 2.09. The van der Waals surface area contributed by atoms with Gasteiger partial charge in [-0.2, -0.15) is 0 Å². The van der Waals surface area contributed by atoms with E-state index in [0.717, 1.165) is 12.0 Å². The largest absolute Gasteiger partial charge is 0.507 e. The molecule has 0 aliphatic rings. The van der Waals surface area contributed by atoms with Crippen molar-refractivity contribution in [2.45, 2.75) is 4.90 Å². The van der Waals surface area contributed by atoms with E-state index < -0.39 is 0 Å². The van der Waals surface area contributed by atoms with Crippen LogP contribution in [0.25, 0.3) is 10.8 Å². The lowest BCUT2D eigenvalue weighted by molar-refractivity contribution is -0.432. The molecule has 7 heteroatoms. The Hall–Kier alpha value is -1.67. The van der Waals surface area contributed by atoms with Crippen molar-refractivity contribution in [3.8, 4) is 5.75 Å². The number of phenolic OH excluding ortho intramolecular Hbond substituents is 1. The van der Waals surface area contributed by atoms with Gasteiger partial charge in [0.05, 0.1) is 23.4 Å². The number of nitrogens with two attached hydrogens (primary N) is 2. The van der Waals surface area contributed by atoms with Crippen LogP contribution in [0.1, 0.15) is 0 Å². The molecule has 0 spiro atoms. The fourth-order valence-electron chi connectivity index (χ4n) is 1.53. The van der Waals surface area contributed by atoms with Crippen molar-refractivity contribution in [2.75, 3.05) is 11.5 Å². The van der Waals surface area contributed by atoms with Crippen LogP contribution < -0.4 is 11.5 Å². The Kier molecular flexibility index (Phi) is 3.25. The minimum Gasteiger partial charge on any atom is -0.507 e. The minimum atomic E-state index is 0.0400. The van der Waals surface area contributed by atoms with Crippen LogP contribution in [0, 0.1) is 0 Å². The molecule has 0 bridgehead atoms. The van der Waals surface area contributed by atoms with Gasteiger partial charge < -0.3 is 16.6 Å². The smallest absolute Gasteiger partial charge is 0.124 e. The Morgan fingerprint density at radius 2 is 1.88 bits per heavy atom. The summed E-state index contributed by atoms with van der Waals surface area (Å²) < 4.78 is 4.28. The van der Waals surface area contributed by atoms with Gasteiger partial charge in [0.15, 0.2) is 0 Å². The number of hydrogen-bond acceptors (Lipinski definition) is 7. The summed E-state index contributed by atoms with van der Waals surface area (Å²) in [4.78, 5) is 0.515. The van der Waals surface area contributed by atoms with Gasteiger partial charge in [0.25, 0.3) is 0 Å². The minimum absolute atomic E-state index is 0.0400. The molecule has 0 aliphatic carbocycles. The summed E-state index contributed by atoms with van der Waals surface area (Å²) >= 11 is 0.735. The van der Waals surface area contributed by atoms with Gasteiger partial charge in [0.2, 0.25) is 0 Å². The Balaban J connectivity index is 2.58. The molecule has 0 radical (unpaired) electrons. The topological polar surface area (TPSA) is 111 Å². The molecule has 2 aromatic carbocycles. The predicted molar refractivity (Wildman–Crippen MR) is 65.1 cm³/mol. The average molecular weight is 254 g/mol. The molecule has 0 amide bonds. The van der Waals surface area contributed by atoms with E-state index in [0.29, 0.717) is 27.0 Å². The number of benzene rings is 2. The van der Waals surface area contributed by atoms with Crippen molar-refractivity contribution in [3.05, 3.63) is 24.3 Å². The number of hydrogen-bond donors (Lipinski definition) is 4. The zero-order chi connectivity index (χ0) is 12.4. The number of fused-ring (bicyclic) bond motifs is 1. The normalized spacial score (nSPS) is 10.9. The second-order valence-corrected chi connectivity index (χ2v) is 4.11. The van der Waals surface area contributed by atoms with E-state index in [4.69, 9.17) is 16.7 Å². The first-order valence-electron chi connectivity index (χ1n) is 4.59. The van der Waals surface area contributed by atoms with E-state index in [1.165, 1.54) is 6.07 Å². The Morgan fingerprint density at radius 3 is 2.59 bits per heavy atom. The van der Waals surface area contributed by atoms with Crippen LogP contribution >= 0.6 is 12.0 Å². The standard InChI is InChI=1S/C10H10N2O4S/c11-8-2-1-6-7(10(8)12)3-5(4-9(6)13)17-16-15-14/h1-4,13-14H,11-12H2. The highest BCUT2D eigenvalue weighted by molar-refractivity contribution is 7.94. The van der Waals surface area contributed by atoms with Gasteiger partial charge in [0.1, 0.15) is 5.75 Å². The van der Waals surface area contributed by atoms with E-state index in [9.17, 15) is 5.11 Å². The molecule has 17 heavy (non-hydrogen) atoms. The Bertz CT molecular complexity index is 561. The van der Waals surface area contributed by atoms with Crippen LogP contribution in [0.4, 0.5) is 11.4 Å². The maximum Gasteiger partial charge on any atom is 0.124 e. The van der Waals surface area contributed by atoms with Crippen molar-refractivity contribution >= 4 is 34.2 Å². The number of rotatable bonds is 3. The summed E-state index contributed by atoms with van der Waals surface area (Å²) in [5.74, 6) is 0.0400. The molecule has 0 aliphatic heterocycles. The van der Waals surface area contributed by atoms with Crippen molar-refractivity contribution in [3.63, 3.8) is 0 Å². The van der Waals surface area contributed by atoms with Crippen LogP contribution in [-0.4, -0.2) is 10.4 Å². The van der Waals surface area contributed by atoms with E-state index in [1.807, 2.05) is 0 Å². The molecule has 2 rings (SSSR count). The van der Waals surface area contributed by atoms with Crippen molar-refractivity contribution in [1.29, 1.82) is 0 Å². The zero-order valence-corrected chi connectivity index (χ0v) is 9.40. The highest BCUT2D eigenvalue weighted by Crippen LogP contribution is 2.36. The zero-order valence-electron chi connectivity index (χ0n) is 8.58. The second-order valence-electron chi connectivity index (χ2n) is 3.33.